The van der Waals surface area contributed by atoms with Gasteiger partial charge in [-0.25, -0.2) is 0 Å². The molecule has 10 heteroatoms. The SMILES string of the molecule is CC/C=C\C/C=C\C/C=C\C/C=C\C/C=C\C/C=C\C/C=C\C/C=C\C/C=C\C/C=C\CCCCCCCCCCC(=O)OC(COC(=O)CCCCCCCCCCCCCCCCCCCCCCCC/C=C\C/C=C\C/C=C\C/C=C\CC)COP(=O)([O-])OCC[N+](C)(C)C. The normalized spacial score (nSPS) is 14.0. The maximum Gasteiger partial charge on any atom is 0.306 e. The Kier molecular flexibility index (Phi) is 72.9. The number of likely N-dealkylation sites (N-methyl/N-ethyl adjacent to an activating group) is 1. The van der Waals surface area contributed by atoms with E-state index in [-0.39, 0.29) is 32.0 Å². The summed E-state index contributed by atoms with van der Waals surface area (Å²) < 4.78 is 34.4. The Morgan fingerprint density at radius 3 is 0.816 bits per heavy atom. The van der Waals surface area contributed by atoms with Crippen LogP contribution in [0.1, 0.15) is 322 Å². The highest BCUT2D eigenvalue weighted by atomic mass is 31.2. The van der Waals surface area contributed by atoms with E-state index in [0.717, 1.165) is 135 Å². The zero-order valence-electron chi connectivity index (χ0n) is 63.7. The average Bonchev–Trinajstić information content (AvgIpc) is 1.23. The highest BCUT2D eigenvalue weighted by Crippen LogP contribution is 2.38. The fourth-order valence-electron chi connectivity index (χ4n) is 10.7. The zero-order chi connectivity index (χ0) is 71.1. The number of hydrogen-bond donors (Lipinski definition) is 0. The minimum absolute atomic E-state index is 0.0388. The number of hydrogen-bond acceptors (Lipinski definition) is 8. The van der Waals surface area contributed by atoms with Crippen molar-refractivity contribution in [1.82, 2.24) is 0 Å². The van der Waals surface area contributed by atoms with Crippen LogP contribution in [0.4, 0.5) is 0 Å². The summed E-state index contributed by atoms with van der Waals surface area (Å²) in [5.41, 5.74) is 0. The molecule has 9 nitrogen and oxygen atoms in total. The summed E-state index contributed by atoms with van der Waals surface area (Å²) in [5, 5.41) is 0. The molecule has 0 radical (unpaired) electrons. The molecule has 0 aliphatic carbocycles. The van der Waals surface area contributed by atoms with E-state index in [9.17, 15) is 19.0 Å². The van der Waals surface area contributed by atoms with Crippen LogP contribution in [0.25, 0.3) is 0 Å². The number of rotatable bonds is 72. The fourth-order valence-corrected chi connectivity index (χ4v) is 11.5. The highest BCUT2D eigenvalue weighted by molar-refractivity contribution is 7.45. The van der Waals surface area contributed by atoms with Crippen molar-refractivity contribution in [2.24, 2.45) is 0 Å². The number of carbonyl (C=O) groups excluding carboxylic acids is 2. The van der Waals surface area contributed by atoms with Gasteiger partial charge in [-0.05, 0) is 128 Å². The third-order valence-electron chi connectivity index (χ3n) is 16.7. The first-order valence-electron chi connectivity index (χ1n) is 39.8. The number of carbonyl (C=O) groups is 2. The van der Waals surface area contributed by atoms with Gasteiger partial charge in [-0.3, -0.25) is 14.2 Å². The summed E-state index contributed by atoms with van der Waals surface area (Å²) in [6, 6.07) is 0. The van der Waals surface area contributed by atoms with E-state index in [1.165, 1.54) is 154 Å². The third-order valence-corrected chi connectivity index (χ3v) is 17.7. The van der Waals surface area contributed by atoms with Crippen molar-refractivity contribution in [3.63, 3.8) is 0 Å². The molecule has 0 spiro atoms. The molecule has 0 saturated carbocycles. The third kappa shape index (κ3) is 80.3. The van der Waals surface area contributed by atoms with Crippen LogP contribution in [0.2, 0.25) is 0 Å². The van der Waals surface area contributed by atoms with Crippen molar-refractivity contribution in [2.45, 2.75) is 328 Å². The van der Waals surface area contributed by atoms with Gasteiger partial charge in [-0.1, -0.05) is 351 Å². The Labute approximate surface area is 604 Å². The maximum atomic E-state index is 12.9. The molecule has 0 aromatic rings. The molecule has 0 aliphatic heterocycles. The molecule has 558 valence electrons. The summed E-state index contributed by atoms with van der Waals surface area (Å²) in [6.45, 7) is 4.02. The number of unbranched alkanes of at least 4 members (excludes halogenated alkanes) is 30. The lowest BCUT2D eigenvalue weighted by atomic mass is 10.0. The lowest BCUT2D eigenvalue weighted by Gasteiger charge is -2.28. The molecule has 2 unspecified atom stereocenters. The summed E-state index contributed by atoms with van der Waals surface area (Å²) in [5.74, 6) is -0.841. The second kappa shape index (κ2) is 76.5. The molecule has 0 heterocycles. The molecular weight excluding hydrogens is 1230 g/mol. The molecule has 98 heavy (non-hydrogen) atoms. The maximum absolute atomic E-state index is 12.9. The van der Waals surface area contributed by atoms with Gasteiger partial charge in [0, 0.05) is 12.8 Å². The quantitative estimate of drug-likeness (QED) is 0.0195. The Bertz CT molecular complexity index is 2270. The summed E-state index contributed by atoms with van der Waals surface area (Å²) >= 11 is 0. The summed E-state index contributed by atoms with van der Waals surface area (Å²) in [4.78, 5) is 38.2. The van der Waals surface area contributed by atoms with E-state index in [1.807, 2.05) is 21.1 Å². The molecule has 0 aliphatic rings. The molecule has 0 saturated heterocycles. The second-order valence-corrected chi connectivity index (χ2v) is 28.7. The highest BCUT2D eigenvalue weighted by Gasteiger charge is 2.22. The number of allylic oxidation sites excluding steroid dienone is 28. The largest absolute Gasteiger partial charge is 0.756 e. The van der Waals surface area contributed by atoms with E-state index < -0.39 is 26.5 Å². The first-order chi connectivity index (χ1) is 48.0. The second-order valence-electron chi connectivity index (χ2n) is 27.3. The number of phosphoric acid groups is 1. The van der Waals surface area contributed by atoms with Gasteiger partial charge in [0.15, 0.2) is 6.10 Å². The van der Waals surface area contributed by atoms with Gasteiger partial charge in [0.25, 0.3) is 7.82 Å². The van der Waals surface area contributed by atoms with Crippen LogP contribution < -0.4 is 4.89 Å². The van der Waals surface area contributed by atoms with Gasteiger partial charge < -0.3 is 27.9 Å². The first-order valence-corrected chi connectivity index (χ1v) is 41.3. The molecule has 0 N–H and O–H groups in total. The molecule has 0 amide bonds. The van der Waals surface area contributed by atoms with Crippen LogP contribution in [0, 0.1) is 0 Å². The predicted octanol–water partition coefficient (Wildman–Crippen LogP) is 26.2. The standard InChI is InChI=1S/C88H148NO8P/c1-6-8-10-12-14-16-18-20-22-24-26-28-30-32-34-36-38-40-42-43-44-45-47-49-51-53-55-57-59-61-63-65-67-69-71-73-75-77-79-81-88(91)97-86(85-96-98(92,93)95-83-82-89(3,4)5)84-94-87(90)80-78-76-74-72-70-68-66-64-62-60-58-56-54-52-50-48-46-41-39-37-35-33-31-29-27-25-23-21-19-17-15-13-11-9-7-2/h8-11,14-17,20-23,26-29,32,34,38,40,43-44,47,49,53,55,59,61,86H,6-7,12-13,18-19,24-25,30-31,33,35-37,39,41-42,45-46,48,50-52,54,56-58,60,62-85H2,1-5H3/b10-8-,11-9-,16-14-,17-15-,22-20-,23-21-,28-26-,29-27-,34-32-,40-38-,44-43-,49-47-,55-53-,61-59-. The predicted molar refractivity (Wildman–Crippen MR) is 424 cm³/mol. The van der Waals surface area contributed by atoms with Gasteiger partial charge in [0.2, 0.25) is 0 Å². The zero-order valence-corrected chi connectivity index (χ0v) is 64.6. The molecule has 0 rings (SSSR count). The van der Waals surface area contributed by atoms with Gasteiger partial charge in [-0.2, -0.15) is 0 Å². The number of quaternary nitrogens is 1. The van der Waals surface area contributed by atoms with E-state index in [1.54, 1.807) is 0 Å². The lowest BCUT2D eigenvalue weighted by Crippen LogP contribution is -2.37. The smallest absolute Gasteiger partial charge is 0.306 e. The van der Waals surface area contributed by atoms with Crippen molar-refractivity contribution >= 4 is 19.8 Å². The number of nitrogens with zero attached hydrogens (tertiary/aromatic N) is 1. The molecule has 0 bridgehead atoms. The van der Waals surface area contributed by atoms with Crippen LogP contribution in [0.15, 0.2) is 170 Å². The minimum Gasteiger partial charge on any atom is -0.756 e. The van der Waals surface area contributed by atoms with E-state index in [0.29, 0.717) is 17.4 Å². The molecule has 0 fully saturated rings. The Morgan fingerprint density at radius 2 is 0.551 bits per heavy atom. The van der Waals surface area contributed by atoms with E-state index >= 15 is 0 Å². The number of ether oxygens (including phenoxy) is 2. The van der Waals surface area contributed by atoms with E-state index in [2.05, 4.69) is 184 Å². The van der Waals surface area contributed by atoms with E-state index in [4.69, 9.17) is 18.5 Å². The van der Waals surface area contributed by atoms with Crippen LogP contribution in [-0.4, -0.2) is 70.0 Å². The van der Waals surface area contributed by atoms with Gasteiger partial charge in [0.1, 0.15) is 19.8 Å². The lowest BCUT2D eigenvalue weighted by molar-refractivity contribution is -0.870. The monoisotopic (exact) mass is 1380 g/mol. The Morgan fingerprint density at radius 1 is 0.316 bits per heavy atom. The molecular formula is C88H148NO8P. The van der Waals surface area contributed by atoms with Crippen molar-refractivity contribution in [3.05, 3.63) is 170 Å². The number of esters is 2. The molecule has 2 atom stereocenters. The van der Waals surface area contributed by atoms with Crippen molar-refractivity contribution in [2.75, 3.05) is 47.5 Å². The topological polar surface area (TPSA) is 111 Å². The first kappa shape index (κ1) is 93.4. The van der Waals surface area contributed by atoms with Crippen LogP contribution >= 0.6 is 7.82 Å². The fraction of sp³-hybridized carbons (Fsp3) is 0.659. The summed E-state index contributed by atoms with van der Waals surface area (Å²) in [7, 11) is 1.15. The van der Waals surface area contributed by atoms with Crippen LogP contribution in [0.5, 0.6) is 0 Å². The van der Waals surface area contributed by atoms with Crippen molar-refractivity contribution in [3.8, 4) is 0 Å². The summed E-state index contributed by atoms with van der Waals surface area (Å²) in [6.07, 6.45) is 116. The minimum atomic E-state index is -4.66. The molecule has 0 aromatic carbocycles. The average molecular weight is 1380 g/mol. The Balaban J connectivity index is 4.04. The number of phosphoric ester groups is 1. The van der Waals surface area contributed by atoms with Gasteiger partial charge >= 0.3 is 11.9 Å². The van der Waals surface area contributed by atoms with Gasteiger partial charge in [0.05, 0.1) is 27.7 Å². The Hall–Kier alpha value is -4.63. The molecule has 0 aromatic heterocycles. The van der Waals surface area contributed by atoms with Crippen LogP contribution in [0.3, 0.4) is 0 Å². The van der Waals surface area contributed by atoms with Crippen molar-refractivity contribution < 1.29 is 42.1 Å². The van der Waals surface area contributed by atoms with Crippen molar-refractivity contribution in [1.29, 1.82) is 0 Å². The van der Waals surface area contributed by atoms with Crippen LogP contribution in [-0.2, 0) is 32.7 Å². The van der Waals surface area contributed by atoms with Gasteiger partial charge in [-0.15, -0.1) is 0 Å².